The number of nitrogens with zero attached hydrogens (tertiary/aromatic N) is 6. The summed E-state index contributed by atoms with van der Waals surface area (Å²) in [6.07, 6.45) is 11.7. The standard InChI is InChI=1S/C52H75F2N7O6S/c1-51(64)18-25-58(26-19-51)37-52(41-9-6-10-42(53)28-41,46-11-7-12-47(46)55-50(63)67-2)40-16-23-57(24-17-40)29-38-30-60(31-38)44-14-15-48(39(27-44)32-59-33-43(54)34-59)68(65,66)45-35-61(36-45)49(62)13-8-22-56-20-4-3-5-21-56/h6,8-10,13-15,27-28,38,40,43,45-47,64H,3-5,7,11-12,16-26,29-37H2,1-2H3,(H,55,63)/b13-8+/t46-,47-,52-/m0/s1. The van der Waals surface area contributed by atoms with Gasteiger partial charge < -0.3 is 34.8 Å². The first-order valence-electron chi connectivity index (χ1n) is 25.6. The van der Waals surface area contributed by atoms with E-state index in [9.17, 15) is 27.5 Å². The SMILES string of the molecule is COC(=O)N[C@H]1CCC[C@@H]1[C@](CN1CCC(C)(O)CC1)(c1cccc(F)c1)C1CCN(CC2CN(c3ccc(S(=O)(=O)C4CN(C(=O)/C=C/CN5CCCCC5)C4)c(CN4CC(F)C4)c3)C2)CC1. The Morgan fingerprint density at radius 3 is 2.29 bits per heavy atom. The predicted molar refractivity (Wildman–Crippen MR) is 260 cm³/mol. The molecule has 7 fully saturated rings. The number of methoxy groups -OCH3 is 1. The zero-order valence-electron chi connectivity index (χ0n) is 40.4. The summed E-state index contributed by atoms with van der Waals surface area (Å²) in [5, 5.41) is 13.4. The number of rotatable bonds is 16. The number of hydrogen-bond acceptors (Lipinski definition) is 11. The summed E-state index contributed by atoms with van der Waals surface area (Å²) in [5.74, 6) is 0.364. The first kappa shape index (κ1) is 49.3. The molecule has 68 heavy (non-hydrogen) atoms. The maximum atomic E-state index is 15.3. The molecule has 3 atom stereocenters. The second kappa shape index (κ2) is 21.0. The Balaban J connectivity index is 0.845. The molecule has 6 aliphatic heterocycles. The number of ether oxygens (including phenoxy) is 1. The number of anilines is 1. The van der Waals surface area contributed by atoms with Gasteiger partial charge in [0.05, 0.1) is 17.6 Å². The lowest BCUT2D eigenvalue weighted by Gasteiger charge is -2.53. The Bertz CT molecular complexity index is 2210. The average Bonchev–Trinajstić information content (AvgIpc) is 3.74. The normalized spacial score (nSPS) is 26.3. The fourth-order valence-corrected chi connectivity index (χ4v) is 14.7. The van der Waals surface area contributed by atoms with Gasteiger partial charge in [-0.1, -0.05) is 31.1 Å². The second-order valence-corrected chi connectivity index (χ2v) is 23.9. The zero-order chi connectivity index (χ0) is 47.6. The van der Waals surface area contributed by atoms with Gasteiger partial charge in [0.2, 0.25) is 5.91 Å². The van der Waals surface area contributed by atoms with E-state index in [1.54, 1.807) is 23.1 Å². The molecule has 374 valence electrons. The molecule has 1 saturated carbocycles. The number of sulfone groups is 1. The van der Waals surface area contributed by atoms with Crippen molar-refractivity contribution < 1.29 is 36.6 Å². The highest BCUT2D eigenvalue weighted by Gasteiger charge is 2.53. The lowest BCUT2D eigenvalue weighted by Crippen LogP contribution is -2.59. The van der Waals surface area contributed by atoms with Crippen LogP contribution in [0, 0.1) is 23.6 Å². The quantitative estimate of drug-likeness (QED) is 0.208. The van der Waals surface area contributed by atoms with Crippen molar-refractivity contribution in [2.45, 2.75) is 111 Å². The van der Waals surface area contributed by atoms with Crippen molar-refractivity contribution in [1.82, 2.24) is 29.8 Å². The first-order chi connectivity index (χ1) is 32.7. The molecular weight excluding hydrogens is 889 g/mol. The molecule has 6 heterocycles. The summed E-state index contributed by atoms with van der Waals surface area (Å²) in [6, 6.07) is 12.7. The van der Waals surface area contributed by atoms with Gasteiger partial charge in [-0.15, -0.1) is 0 Å². The molecule has 7 aliphatic rings. The maximum Gasteiger partial charge on any atom is 0.407 e. The minimum Gasteiger partial charge on any atom is -0.453 e. The molecule has 0 radical (unpaired) electrons. The third-order valence-electron chi connectivity index (χ3n) is 16.9. The van der Waals surface area contributed by atoms with E-state index in [4.69, 9.17) is 4.74 Å². The van der Waals surface area contributed by atoms with Crippen LogP contribution in [0.4, 0.5) is 19.3 Å². The van der Waals surface area contributed by atoms with Gasteiger partial charge >= 0.3 is 6.09 Å². The number of carbonyl (C=O) groups excluding carboxylic acids is 2. The summed E-state index contributed by atoms with van der Waals surface area (Å²) < 4.78 is 62.7. The smallest absolute Gasteiger partial charge is 0.407 e. The van der Waals surface area contributed by atoms with Crippen molar-refractivity contribution in [2.75, 3.05) is 110 Å². The molecule has 0 spiro atoms. The monoisotopic (exact) mass is 964 g/mol. The van der Waals surface area contributed by atoms with E-state index in [2.05, 4.69) is 31.0 Å². The molecule has 13 nitrogen and oxygen atoms in total. The number of benzene rings is 2. The minimum absolute atomic E-state index is 0.0856. The number of aliphatic hydroxyl groups is 1. The molecular formula is C52H75F2N7O6S. The van der Waals surface area contributed by atoms with E-state index in [0.29, 0.717) is 30.9 Å². The molecule has 9 rings (SSSR count). The van der Waals surface area contributed by atoms with Crippen LogP contribution < -0.4 is 10.2 Å². The lowest BCUT2D eigenvalue weighted by atomic mass is 9.58. The summed E-state index contributed by atoms with van der Waals surface area (Å²) in [4.78, 5) is 39.2. The zero-order valence-corrected chi connectivity index (χ0v) is 41.2. The van der Waals surface area contributed by atoms with E-state index in [0.717, 1.165) is 115 Å². The molecule has 2 amide bonds. The van der Waals surface area contributed by atoms with Gasteiger partial charge in [0, 0.05) is 108 Å². The van der Waals surface area contributed by atoms with E-state index >= 15 is 4.39 Å². The number of halogens is 2. The van der Waals surface area contributed by atoms with E-state index in [1.807, 2.05) is 36.1 Å². The molecule has 0 unspecified atom stereocenters. The van der Waals surface area contributed by atoms with Gasteiger partial charge in [0.15, 0.2) is 9.84 Å². The lowest BCUT2D eigenvalue weighted by molar-refractivity contribution is -0.129. The molecule has 6 saturated heterocycles. The van der Waals surface area contributed by atoms with Gasteiger partial charge in [0.25, 0.3) is 0 Å². The number of amides is 2. The molecule has 16 heteroatoms. The Morgan fingerprint density at radius 1 is 0.868 bits per heavy atom. The highest BCUT2D eigenvalue weighted by molar-refractivity contribution is 7.92. The van der Waals surface area contributed by atoms with Crippen LogP contribution in [0.1, 0.15) is 82.3 Å². The topological polar surface area (TPSA) is 129 Å². The predicted octanol–water partition coefficient (Wildman–Crippen LogP) is 5.46. The van der Waals surface area contributed by atoms with Crippen LogP contribution in [0.3, 0.4) is 0 Å². The number of piperidine rings is 3. The fourth-order valence-electron chi connectivity index (χ4n) is 12.9. The number of likely N-dealkylation sites (tertiary alicyclic amines) is 5. The number of alkyl halides is 1. The fraction of sp³-hybridized carbons (Fsp3) is 0.692. The van der Waals surface area contributed by atoms with Gasteiger partial charge in [-0.25, -0.2) is 22.0 Å². The highest BCUT2D eigenvalue weighted by Crippen LogP contribution is 2.52. The molecule has 2 aromatic carbocycles. The van der Waals surface area contributed by atoms with Crippen LogP contribution in [0.25, 0.3) is 0 Å². The average molecular weight is 964 g/mol. The van der Waals surface area contributed by atoms with Crippen molar-refractivity contribution in [2.24, 2.45) is 17.8 Å². The number of alkyl carbamates (subject to hydrolysis) is 1. The van der Waals surface area contributed by atoms with Crippen LogP contribution in [0.15, 0.2) is 59.5 Å². The first-order valence-corrected chi connectivity index (χ1v) is 27.2. The largest absolute Gasteiger partial charge is 0.453 e. The number of carbonyl (C=O) groups is 2. The highest BCUT2D eigenvalue weighted by atomic mass is 32.2. The number of nitrogens with one attached hydrogen (secondary N) is 1. The molecule has 0 bridgehead atoms. The molecule has 2 N–H and O–H groups in total. The Hall–Kier alpha value is -3.67. The van der Waals surface area contributed by atoms with Gasteiger partial charge in [-0.3, -0.25) is 14.6 Å². The maximum absolute atomic E-state index is 15.3. The number of hydrogen-bond donors (Lipinski definition) is 2. The Morgan fingerprint density at radius 2 is 1.60 bits per heavy atom. The van der Waals surface area contributed by atoms with Crippen molar-refractivity contribution >= 4 is 27.5 Å². The minimum atomic E-state index is -3.73. The summed E-state index contributed by atoms with van der Waals surface area (Å²) >= 11 is 0. The van der Waals surface area contributed by atoms with Crippen molar-refractivity contribution in [3.05, 3.63) is 71.6 Å². The van der Waals surface area contributed by atoms with Crippen LogP contribution in [-0.2, 0) is 31.3 Å². The molecule has 0 aromatic heterocycles. The van der Waals surface area contributed by atoms with Gasteiger partial charge in [-0.2, -0.15) is 0 Å². The Kier molecular flexibility index (Phi) is 15.2. The van der Waals surface area contributed by atoms with E-state index in [-0.39, 0.29) is 60.7 Å². The van der Waals surface area contributed by atoms with Gasteiger partial charge in [-0.05, 0) is 138 Å². The van der Waals surface area contributed by atoms with Crippen LogP contribution >= 0.6 is 0 Å². The summed E-state index contributed by atoms with van der Waals surface area (Å²) in [6.45, 7) is 12.7. The van der Waals surface area contributed by atoms with E-state index < -0.39 is 38.4 Å². The van der Waals surface area contributed by atoms with Crippen molar-refractivity contribution in [3.63, 3.8) is 0 Å². The van der Waals surface area contributed by atoms with E-state index in [1.165, 1.54) is 32.4 Å². The van der Waals surface area contributed by atoms with Crippen LogP contribution in [-0.4, -0.2) is 178 Å². The third kappa shape index (κ3) is 10.9. The van der Waals surface area contributed by atoms with Crippen molar-refractivity contribution in [1.29, 1.82) is 0 Å². The third-order valence-corrected chi connectivity index (χ3v) is 19.1. The second-order valence-electron chi connectivity index (χ2n) is 21.7. The van der Waals surface area contributed by atoms with Crippen molar-refractivity contribution in [3.8, 4) is 0 Å². The Labute approximate surface area is 403 Å². The molecule has 2 aromatic rings. The summed E-state index contributed by atoms with van der Waals surface area (Å²) in [7, 11) is -2.33. The van der Waals surface area contributed by atoms with Crippen LogP contribution in [0.2, 0.25) is 0 Å². The molecule has 1 aliphatic carbocycles. The summed E-state index contributed by atoms with van der Waals surface area (Å²) in [5.41, 5.74) is 1.54. The van der Waals surface area contributed by atoms with Gasteiger partial charge in [0.1, 0.15) is 17.2 Å². The van der Waals surface area contributed by atoms with Crippen LogP contribution in [0.5, 0.6) is 0 Å².